The first-order valence-electron chi connectivity index (χ1n) is 9.78. The van der Waals surface area contributed by atoms with Crippen LogP contribution in [0, 0.1) is 0 Å². The Bertz CT molecular complexity index is 1010. The van der Waals surface area contributed by atoms with Gasteiger partial charge in [0, 0.05) is 24.6 Å². The summed E-state index contributed by atoms with van der Waals surface area (Å²) in [5, 5.41) is 0. The number of fused-ring (bicyclic) bond motifs is 1. The van der Waals surface area contributed by atoms with Crippen LogP contribution in [0.5, 0.6) is 5.75 Å². The molecular weight excluding hydrogens is 384 g/mol. The molecule has 9 heteroatoms. The van der Waals surface area contributed by atoms with Crippen LogP contribution in [-0.4, -0.2) is 40.7 Å². The molecular formula is C21H24N6O3. The first-order chi connectivity index (χ1) is 14.6. The van der Waals surface area contributed by atoms with E-state index in [1.165, 1.54) is 0 Å². The number of benzene rings is 1. The number of H-pyrrole nitrogens is 1. The van der Waals surface area contributed by atoms with Crippen molar-refractivity contribution in [3.8, 4) is 5.75 Å². The molecule has 0 spiro atoms. The van der Waals surface area contributed by atoms with Crippen molar-refractivity contribution in [2.45, 2.75) is 20.1 Å². The van der Waals surface area contributed by atoms with E-state index in [4.69, 9.17) is 15.2 Å². The lowest BCUT2D eigenvalue weighted by Crippen LogP contribution is -2.34. The molecule has 1 aliphatic rings. The number of nitrogens with zero attached hydrogens (tertiary/aromatic N) is 4. The van der Waals surface area contributed by atoms with E-state index in [9.17, 15) is 4.79 Å². The van der Waals surface area contributed by atoms with Crippen LogP contribution in [0.15, 0.2) is 49.1 Å². The third-order valence-corrected chi connectivity index (χ3v) is 4.87. The quantitative estimate of drug-likeness (QED) is 0.645. The number of amides is 1. The summed E-state index contributed by atoms with van der Waals surface area (Å²) >= 11 is 0. The van der Waals surface area contributed by atoms with Crippen LogP contribution in [0.1, 0.15) is 18.2 Å². The molecule has 0 unspecified atom stereocenters. The van der Waals surface area contributed by atoms with Crippen molar-refractivity contribution in [1.29, 1.82) is 0 Å². The second-order valence-electron chi connectivity index (χ2n) is 6.87. The number of nitrogens with one attached hydrogen (secondary N) is 1. The van der Waals surface area contributed by atoms with E-state index in [0.717, 1.165) is 34.9 Å². The van der Waals surface area contributed by atoms with E-state index in [1.807, 2.05) is 31.3 Å². The van der Waals surface area contributed by atoms with Gasteiger partial charge in [-0.25, -0.2) is 14.8 Å². The molecule has 3 aromatic rings. The molecule has 9 nitrogen and oxygen atoms in total. The van der Waals surface area contributed by atoms with Gasteiger partial charge in [0.25, 0.3) is 0 Å². The molecule has 0 bridgehead atoms. The molecule has 3 N–H and O–H groups in total. The number of hydrogen-bond acceptors (Lipinski definition) is 7. The molecule has 3 heterocycles. The summed E-state index contributed by atoms with van der Waals surface area (Å²) in [6, 6.07) is 9.17. The summed E-state index contributed by atoms with van der Waals surface area (Å²) in [5.41, 5.74) is 9.08. The van der Waals surface area contributed by atoms with Gasteiger partial charge in [0.05, 0.1) is 30.8 Å². The molecule has 156 valence electrons. The SMILES string of the molecule is CCN(C(=O)OCc1ccnc(N)c1)c1ccc2c(c1)N(Cc1c[nH]cn1)CCO2. The number of aromatic amines is 1. The summed E-state index contributed by atoms with van der Waals surface area (Å²) in [6.07, 6.45) is 4.70. The number of aromatic nitrogens is 3. The highest BCUT2D eigenvalue weighted by Gasteiger charge is 2.23. The predicted molar refractivity (Wildman–Crippen MR) is 113 cm³/mol. The number of nitrogen functional groups attached to an aromatic ring is 1. The van der Waals surface area contributed by atoms with Gasteiger partial charge in [-0.1, -0.05) is 0 Å². The first kappa shape index (κ1) is 19.6. The van der Waals surface area contributed by atoms with Gasteiger partial charge in [-0.2, -0.15) is 0 Å². The second kappa shape index (κ2) is 8.73. The molecule has 2 aromatic heterocycles. The van der Waals surface area contributed by atoms with Crippen molar-refractivity contribution in [3.63, 3.8) is 0 Å². The first-order valence-corrected chi connectivity index (χ1v) is 9.78. The Kier molecular flexibility index (Phi) is 5.69. The van der Waals surface area contributed by atoms with Gasteiger partial charge in [0.2, 0.25) is 0 Å². The van der Waals surface area contributed by atoms with Gasteiger partial charge in [-0.15, -0.1) is 0 Å². The summed E-state index contributed by atoms with van der Waals surface area (Å²) in [5.74, 6) is 1.18. The Morgan fingerprint density at radius 1 is 1.33 bits per heavy atom. The lowest BCUT2D eigenvalue weighted by Gasteiger charge is -2.32. The second-order valence-corrected chi connectivity index (χ2v) is 6.87. The molecule has 0 saturated heterocycles. The van der Waals surface area contributed by atoms with Crippen LogP contribution in [0.2, 0.25) is 0 Å². The number of pyridine rings is 1. The largest absolute Gasteiger partial charge is 0.490 e. The highest BCUT2D eigenvalue weighted by Crippen LogP contribution is 2.36. The van der Waals surface area contributed by atoms with Gasteiger partial charge >= 0.3 is 6.09 Å². The minimum atomic E-state index is -0.427. The summed E-state index contributed by atoms with van der Waals surface area (Å²) < 4.78 is 11.3. The topological polar surface area (TPSA) is 110 Å². The lowest BCUT2D eigenvalue weighted by atomic mass is 10.2. The molecule has 0 radical (unpaired) electrons. The van der Waals surface area contributed by atoms with Crippen molar-refractivity contribution in [1.82, 2.24) is 15.0 Å². The van der Waals surface area contributed by atoms with Crippen LogP contribution in [0.4, 0.5) is 22.0 Å². The monoisotopic (exact) mass is 408 g/mol. The molecule has 30 heavy (non-hydrogen) atoms. The van der Waals surface area contributed by atoms with Crippen molar-refractivity contribution < 1.29 is 14.3 Å². The number of anilines is 3. The van der Waals surface area contributed by atoms with Gasteiger partial charge in [0.15, 0.2) is 0 Å². The Labute approximate surface area is 174 Å². The van der Waals surface area contributed by atoms with E-state index in [1.54, 1.807) is 29.6 Å². The summed E-state index contributed by atoms with van der Waals surface area (Å²) in [6.45, 7) is 4.50. The smallest absolute Gasteiger partial charge is 0.414 e. The Morgan fingerprint density at radius 3 is 3.00 bits per heavy atom. The van der Waals surface area contributed by atoms with Crippen LogP contribution >= 0.6 is 0 Å². The Hall–Kier alpha value is -3.75. The molecule has 0 saturated carbocycles. The Balaban J connectivity index is 1.51. The number of nitrogens with two attached hydrogens (primary N) is 1. The van der Waals surface area contributed by atoms with Crippen molar-refractivity contribution in [2.75, 3.05) is 35.2 Å². The van der Waals surface area contributed by atoms with E-state index >= 15 is 0 Å². The average molecular weight is 408 g/mol. The van der Waals surface area contributed by atoms with Crippen molar-refractivity contribution in [3.05, 3.63) is 60.3 Å². The number of ether oxygens (including phenoxy) is 2. The predicted octanol–water partition coefficient (Wildman–Crippen LogP) is 2.95. The van der Waals surface area contributed by atoms with Gasteiger partial charge in [-0.05, 0) is 42.8 Å². The fourth-order valence-corrected chi connectivity index (χ4v) is 3.39. The number of carbonyl (C=O) groups is 1. The van der Waals surface area contributed by atoms with E-state index in [2.05, 4.69) is 19.9 Å². The van der Waals surface area contributed by atoms with E-state index in [-0.39, 0.29) is 6.61 Å². The minimum Gasteiger partial charge on any atom is -0.490 e. The normalized spacial score (nSPS) is 12.8. The fraction of sp³-hybridized carbons (Fsp3) is 0.286. The van der Waals surface area contributed by atoms with E-state index in [0.29, 0.717) is 25.5 Å². The average Bonchev–Trinajstić information content (AvgIpc) is 3.26. The minimum absolute atomic E-state index is 0.126. The molecule has 1 amide bonds. The standard InChI is InChI=1S/C21H24N6O3/c1-2-27(21(28)30-13-15-5-6-24-20(22)9-15)17-3-4-19-18(10-17)26(7-8-29-19)12-16-11-23-14-25-16/h3-6,9-11,14H,2,7-8,12-13H2,1H3,(H2,22,24)(H,23,25). The maximum absolute atomic E-state index is 12.7. The number of rotatable bonds is 6. The van der Waals surface area contributed by atoms with Crippen LogP contribution < -0.4 is 20.3 Å². The maximum atomic E-state index is 12.7. The van der Waals surface area contributed by atoms with Gasteiger partial charge in [-0.3, -0.25) is 4.90 Å². The van der Waals surface area contributed by atoms with Gasteiger partial charge < -0.3 is 25.1 Å². The molecule has 4 rings (SSSR count). The Morgan fingerprint density at radius 2 is 2.23 bits per heavy atom. The van der Waals surface area contributed by atoms with Crippen LogP contribution in [0.3, 0.4) is 0 Å². The lowest BCUT2D eigenvalue weighted by molar-refractivity contribution is 0.147. The molecule has 1 aromatic carbocycles. The molecule has 1 aliphatic heterocycles. The van der Waals surface area contributed by atoms with E-state index < -0.39 is 6.09 Å². The third kappa shape index (κ3) is 4.29. The van der Waals surface area contributed by atoms with Crippen LogP contribution in [0.25, 0.3) is 0 Å². The fourth-order valence-electron chi connectivity index (χ4n) is 3.39. The molecule has 0 fully saturated rings. The zero-order valence-corrected chi connectivity index (χ0v) is 16.7. The third-order valence-electron chi connectivity index (χ3n) is 4.87. The van der Waals surface area contributed by atoms with Gasteiger partial charge in [0.1, 0.15) is 24.8 Å². The maximum Gasteiger partial charge on any atom is 0.414 e. The summed E-state index contributed by atoms with van der Waals surface area (Å²) in [4.78, 5) is 27.7. The molecule has 0 atom stereocenters. The summed E-state index contributed by atoms with van der Waals surface area (Å²) in [7, 11) is 0. The number of hydrogen-bond donors (Lipinski definition) is 2. The zero-order chi connectivity index (χ0) is 20.9. The van der Waals surface area contributed by atoms with Crippen molar-refractivity contribution in [2.24, 2.45) is 0 Å². The number of imidazole rings is 1. The highest BCUT2D eigenvalue weighted by atomic mass is 16.6. The highest BCUT2D eigenvalue weighted by molar-refractivity contribution is 5.89. The molecule has 0 aliphatic carbocycles. The van der Waals surface area contributed by atoms with Crippen molar-refractivity contribution >= 4 is 23.3 Å². The zero-order valence-electron chi connectivity index (χ0n) is 16.7. The van der Waals surface area contributed by atoms with Crippen LogP contribution in [-0.2, 0) is 17.9 Å². The number of carbonyl (C=O) groups excluding carboxylic acids is 1.